The Labute approximate surface area is 354 Å². The third kappa shape index (κ3) is 8.98. The number of methoxy groups -OCH3 is 2. The van der Waals surface area contributed by atoms with Gasteiger partial charge in [-0.2, -0.15) is 0 Å². The maximum Gasteiger partial charge on any atom is 0.407 e. The van der Waals surface area contributed by atoms with Crippen molar-refractivity contribution in [3.8, 4) is 33.6 Å². The largest absolute Gasteiger partial charge is 0.453 e. The van der Waals surface area contributed by atoms with Gasteiger partial charge in [0.05, 0.1) is 50.1 Å². The lowest BCUT2D eigenvalue weighted by Gasteiger charge is -2.28. The molecule has 0 saturated carbocycles. The first-order valence-corrected chi connectivity index (χ1v) is 20.7. The van der Waals surface area contributed by atoms with E-state index < -0.39 is 18.2 Å². The van der Waals surface area contributed by atoms with Crippen LogP contribution in [-0.2, 0) is 19.1 Å². The van der Waals surface area contributed by atoms with Crippen LogP contribution in [0.4, 0.5) is 9.59 Å². The van der Waals surface area contributed by atoms with Gasteiger partial charge in [0.25, 0.3) is 5.91 Å². The fourth-order valence-electron chi connectivity index (χ4n) is 8.50. The van der Waals surface area contributed by atoms with E-state index in [4.69, 9.17) is 14.7 Å². The number of aromatic nitrogens is 4. The molecule has 0 aliphatic carbocycles. The van der Waals surface area contributed by atoms with E-state index >= 15 is 0 Å². The van der Waals surface area contributed by atoms with E-state index in [0.717, 1.165) is 75.9 Å². The first kappa shape index (κ1) is 40.8. The van der Waals surface area contributed by atoms with Crippen molar-refractivity contribution in [2.45, 2.75) is 57.2 Å². The smallest absolute Gasteiger partial charge is 0.407 e. The number of rotatable bonds is 12. The zero-order chi connectivity index (χ0) is 42.5. The van der Waals surface area contributed by atoms with Gasteiger partial charge in [-0.1, -0.05) is 85.8 Å². The number of imidazole rings is 2. The molecule has 2 saturated heterocycles. The van der Waals surface area contributed by atoms with Gasteiger partial charge in [0.15, 0.2) is 0 Å². The number of fused-ring (bicyclic) bond motifs is 1. The second kappa shape index (κ2) is 18.1. The fraction of sp³-hybridized carbons (Fsp3) is 0.319. The van der Waals surface area contributed by atoms with Gasteiger partial charge in [0, 0.05) is 31.6 Å². The van der Waals surface area contributed by atoms with Crippen molar-refractivity contribution in [1.82, 2.24) is 40.4 Å². The van der Waals surface area contributed by atoms with E-state index in [1.165, 1.54) is 14.2 Å². The third-order valence-corrected chi connectivity index (χ3v) is 11.7. The van der Waals surface area contributed by atoms with E-state index in [9.17, 15) is 19.2 Å². The van der Waals surface area contributed by atoms with Crippen molar-refractivity contribution in [3.63, 3.8) is 0 Å². The van der Waals surface area contributed by atoms with Crippen molar-refractivity contribution < 1.29 is 28.7 Å². The molecule has 0 radical (unpaired) electrons. The Morgan fingerprint density at radius 3 is 1.92 bits per heavy atom. The molecule has 4 unspecified atom stereocenters. The molecule has 2 aromatic heterocycles. The number of likely N-dealkylation sites (tertiary alicyclic amines) is 2. The van der Waals surface area contributed by atoms with Crippen LogP contribution < -0.4 is 10.6 Å². The van der Waals surface area contributed by atoms with Crippen molar-refractivity contribution in [2.24, 2.45) is 5.92 Å². The summed E-state index contributed by atoms with van der Waals surface area (Å²) in [6.07, 6.45) is 6.14. The topological polar surface area (TPSA) is 175 Å². The number of hydrogen-bond acceptors (Lipinski definition) is 8. The Hall–Kier alpha value is -6.96. The van der Waals surface area contributed by atoms with Crippen LogP contribution in [0.3, 0.4) is 0 Å². The molecule has 0 bridgehead atoms. The molecule has 14 nitrogen and oxygen atoms in total. The highest BCUT2D eigenvalue weighted by molar-refractivity contribution is 5.91. The van der Waals surface area contributed by atoms with Crippen LogP contribution in [-0.4, -0.2) is 87.6 Å². The molecular formula is C47H50N8O6. The van der Waals surface area contributed by atoms with E-state index in [1.807, 2.05) is 54.5 Å². The number of amides is 4. The number of aromatic amines is 2. The number of alkyl carbamates (subject to hydrolysis) is 2. The zero-order valence-electron chi connectivity index (χ0n) is 34.5. The third-order valence-electron chi connectivity index (χ3n) is 11.7. The van der Waals surface area contributed by atoms with Crippen LogP contribution in [0.2, 0.25) is 0 Å². The minimum atomic E-state index is -0.879. The van der Waals surface area contributed by atoms with Gasteiger partial charge in [-0.05, 0) is 76.8 Å². The quantitative estimate of drug-likeness (QED) is 0.0958. The van der Waals surface area contributed by atoms with Gasteiger partial charge in [-0.15, -0.1) is 0 Å². The lowest BCUT2D eigenvalue weighted by molar-refractivity contribution is -0.135. The fourth-order valence-corrected chi connectivity index (χ4v) is 8.50. The van der Waals surface area contributed by atoms with Crippen LogP contribution in [0.25, 0.3) is 44.4 Å². The highest BCUT2D eigenvalue weighted by Crippen LogP contribution is 2.36. The Balaban J connectivity index is 0.921. The van der Waals surface area contributed by atoms with Crippen LogP contribution in [0.1, 0.15) is 74.4 Å². The Morgan fingerprint density at radius 2 is 1.26 bits per heavy atom. The van der Waals surface area contributed by atoms with Crippen LogP contribution in [0.5, 0.6) is 0 Å². The summed E-state index contributed by atoms with van der Waals surface area (Å²) in [7, 11) is 2.61. The monoisotopic (exact) mass is 822 g/mol. The molecule has 2 fully saturated rings. The minimum Gasteiger partial charge on any atom is -0.453 e. The van der Waals surface area contributed by atoms with E-state index in [1.54, 1.807) is 4.90 Å². The summed E-state index contributed by atoms with van der Waals surface area (Å²) in [5, 5.41) is 7.58. The van der Waals surface area contributed by atoms with Gasteiger partial charge in [0.1, 0.15) is 17.7 Å². The summed E-state index contributed by atoms with van der Waals surface area (Å²) < 4.78 is 9.48. The standard InChI is InChI=1S/C47H50N8O6/c1-29(26-50-46(58)60-2)23-41(56)54-21-7-11-39(54)43-48-27-37(51-43)31-15-13-30(14-16-31)33-17-18-35-25-36(20-19-34(35)24-33)38-28-49-44(52-38)40-12-8-22-55(40)45(57)42(53-47(59)61-3)32-9-5-4-6-10-32/h4-6,9-10,13-20,24-25,27-29,39-40,42H,7-8,11-12,21-23,26H2,1-3H3,(H,48,51)(H,49,52)(H,50,58)(H,53,59). The predicted octanol–water partition coefficient (Wildman–Crippen LogP) is 8.09. The van der Waals surface area contributed by atoms with E-state index in [-0.39, 0.29) is 29.8 Å². The summed E-state index contributed by atoms with van der Waals surface area (Å²) >= 11 is 0. The molecule has 314 valence electrons. The Morgan fingerprint density at radius 1 is 0.705 bits per heavy atom. The van der Waals surface area contributed by atoms with E-state index in [0.29, 0.717) is 37.4 Å². The average molecular weight is 823 g/mol. The molecule has 4 amide bonds. The summed E-state index contributed by atoms with van der Waals surface area (Å²) in [6.45, 7) is 3.55. The number of nitrogens with one attached hydrogen (secondary N) is 4. The number of carbonyl (C=O) groups is 4. The van der Waals surface area contributed by atoms with Gasteiger partial charge in [-0.25, -0.2) is 19.6 Å². The second-order valence-electron chi connectivity index (χ2n) is 15.8. The molecule has 2 aliphatic rings. The lowest BCUT2D eigenvalue weighted by Crippen LogP contribution is -2.42. The van der Waals surface area contributed by atoms with Crippen LogP contribution in [0, 0.1) is 5.92 Å². The summed E-state index contributed by atoms with van der Waals surface area (Å²) in [5.74, 6) is 1.31. The molecule has 6 aromatic rings. The number of ether oxygens (including phenoxy) is 2. The minimum absolute atomic E-state index is 0.0237. The predicted molar refractivity (Wildman–Crippen MR) is 231 cm³/mol. The maximum absolute atomic E-state index is 13.9. The SMILES string of the molecule is COC(=O)NCC(C)CC(=O)N1CCCC1c1ncc(-c2ccc(-c3ccc4cc(-c5cnc(C6CCCN6C(=O)C(NC(=O)OC)c6ccccc6)[nH]5)ccc4c3)cc2)[nH]1. The van der Waals surface area contributed by atoms with Gasteiger partial charge >= 0.3 is 12.2 Å². The molecule has 8 rings (SSSR count). The van der Waals surface area contributed by atoms with Crippen molar-refractivity contribution in [2.75, 3.05) is 33.9 Å². The van der Waals surface area contributed by atoms with Crippen LogP contribution in [0.15, 0.2) is 103 Å². The normalized spacial score (nSPS) is 17.2. The molecule has 2 aliphatic heterocycles. The van der Waals surface area contributed by atoms with Crippen molar-refractivity contribution >= 4 is 34.8 Å². The molecule has 4 atom stereocenters. The number of carbonyl (C=O) groups excluding carboxylic acids is 4. The first-order valence-electron chi connectivity index (χ1n) is 20.7. The molecule has 4 heterocycles. The van der Waals surface area contributed by atoms with Gasteiger partial charge in [-0.3, -0.25) is 9.59 Å². The van der Waals surface area contributed by atoms with E-state index in [2.05, 4.69) is 86.0 Å². The molecule has 61 heavy (non-hydrogen) atoms. The summed E-state index contributed by atoms with van der Waals surface area (Å²) in [6, 6.07) is 29.1. The van der Waals surface area contributed by atoms with Gasteiger partial charge in [0.2, 0.25) is 5.91 Å². The Bertz CT molecular complexity index is 2520. The summed E-state index contributed by atoms with van der Waals surface area (Å²) in [5.41, 5.74) is 6.61. The molecule has 0 spiro atoms. The highest BCUT2D eigenvalue weighted by atomic mass is 16.5. The Kier molecular flexibility index (Phi) is 12.1. The molecule has 4 N–H and O–H groups in total. The number of H-pyrrole nitrogens is 2. The second-order valence-corrected chi connectivity index (χ2v) is 15.8. The summed E-state index contributed by atoms with van der Waals surface area (Å²) in [4.78, 5) is 71.0. The number of benzene rings is 4. The van der Waals surface area contributed by atoms with Gasteiger partial charge < -0.3 is 39.9 Å². The lowest BCUT2D eigenvalue weighted by atomic mass is 9.98. The zero-order valence-corrected chi connectivity index (χ0v) is 34.5. The first-order chi connectivity index (χ1) is 29.7. The molecular weight excluding hydrogens is 773 g/mol. The van der Waals surface area contributed by atoms with Crippen LogP contribution >= 0.6 is 0 Å². The molecule has 14 heteroatoms. The molecule has 4 aromatic carbocycles. The maximum atomic E-state index is 13.9. The average Bonchev–Trinajstić information content (AvgIpc) is 4.14. The number of nitrogens with zero attached hydrogens (tertiary/aromatic N) is 4. The number of hydrogen-bond donors (Lipinski definition) is 4. The highest BCUT2D eigenvalue weighted by Gasteiger charge is 2.37. The van der Waals surface area contributed by atoms with Crippen molar-refractivity contribution in [3.05, 3.63) is 121 Å². The van der Waals surface area contributed by atoms with Crippen molar-refractivity contribution in [1.29, 1.82) is 0 Å².